The minimum Gasteiger partial charge on any atom is -0.462 e. The Morgan fingerprint density at radius 1 is 1.40 bits per heavy atom. The van der Waals surface area contributed by atoms with Gasteiger partial charge in [-0.3, -0.25) is 9.78 Å². The highest BCUT2D eigenvalue weighted by Gasteiger charge is 2.54. The first-order valence-corrected chi connectivity index (χ1v) is 9.54. The summed E-state index contributed by atoms with van der Waals surface area (Å²) in [6.07, 6.45) is 9.39. The van der Waals surface area contributed by atoms with Crippen molar-refractivity contribution in [2.24, 2.45) is 23.2 Å². The van der Waals surface area contributed by atoms with E-state index in [0.29, 0.717) is 18.4 Å². The summed E-state index contributed by atoms with van der Waals surface area (Å²) in [7, 11) is 0. The van der Waals surface area contributed by atoms with Crippen molar-refractivity contribution < 1.29 is 9.53 Å². The second kappa shape index (κ2) is 6.56. The number of aromatic nitrogens is 1. The largest absolute Gasteiger partial charge is 0.462 e. The number of carbonyl (C=O) groups is 1. The summed E-state index contributed by atoms with van der Waals surface area (Å²) >= 11 is 0. The average molecular weight is 340 g/mol. The van der Waals surface area contributed by atoms with Crippen LogP contribution in [0.15, 0.2) is 36.7 Å². The van der Waals surface area contributed by atoms with Crippen molar-refractivity contribution in [1.29, 1.82) is 0 Å². The Bertz CT molecular complexity index is 659. The Labute approximate surface area is 150 Å². The molecule has 25 heavy (non-hydrogen) atoms. The molecule has 0 spiro atoms. The van der Waals surface area contributed by atoms with Gasteiger partial charge in [-0.2, -0.15) is 0 Å². The predicted octanol–water partition coefficient (Wildman–Crippen LogP) is 3.49. The van der Waals surface area contributed by atoms with E-state index in [2.05, 4.69) is 23.8 Å². The second-order valence-electron chi connectivity index (χ2n) is 8.39. The van der Waals surface area contributed by atoms with Crippen LogP contribution in [0.25, 0.3) is 0 Å². The molecule has 0 unspecified atom stereocenters. The maximum Gasteiger partial charge on any atom is 0.310 e. The van der Waals surface area contributed by atoms with Crippen LogP contribution in [0, 0.1) is 23.2 Å². The molecule has 2 aliphatic carbocycles. The molecule has 3 fully saturated rings. The molecule has 0 amide bonds. The van der Waals surface area contributed by atoms with Crippen LogP contribution in [0.5, 0.6) is 0 Å². The van der Waals surface area contributed by atoms with Crippen LogP contribution in [-0.4, -0.2) is 23.6 Å². The lowest BCUT2D eigenvalue weighted by Gasteiger charge is -2.50. The molecule has 4 heteroatoms. The van der Waals surface area contributed by atoms with Crippen molar-refractivity contribution in [3.05, 3.63) is 42.2 Å². The summed E-state index contributed by atoms with van der Waals surface area (Å²) in [6, 6.07) is 4.00. The van der Waals surface area contributed by atoms with Gasteiger partial charge in [0.1, 0.15) is 6.10 Å². The van der Waals surface area contributed by atoms with Gasteiger partial charge >= 0.3 is 5.97 Å². The zero-order valence-corrected chi connectivity index (χ0v) is 15.0. The first-order valence-electron chi connectivity index (χ1n) is 9.54. The summed E-state index contributed by atoms with van der Waals surface area (Å²) in [6.45, 7) is 8.19. The lowest BCUT2D eigenvalue weighted by molar-refractivity contribution is -0.146. The van der Waals surface area contributed by atoms with Crippen LogP contribution in [0.3, 0.4) is 0 Å². The van der Waals surface area contributed by atoms with E-state index in [4.69, 9.17) is 4.74 Å². The van der Waals surface area contributed by atoms with Crippen molar-refractivity contribution in [1.82, 2.24) is 10.3 Å². The maximum atomic E-state index is 12.5. The summed E-state index contributed by atoms with van der Waals surface area (Å²) < 4.78 is 5.81. The molecule has 4 nitrogen and oxygen atoms in total. The number of nitrogens with one attached hydrogen (secondary N) is 1. The number of nitrogens with zero attached hydrogens (tertiary/aromatic N) is 1. The number of esters is 1. The van der Waals surface area contributed by atoms with E-state index in [1.165, 1.54) is 24.0 Å². The van der Waals surface area contributed by atoms with Gasteiger partial charge in [0.05, 0.1) is 5.92 Å². The number of ether oxygens (including phenoxy) is 1. The van der Waals surface area contributed by atoms with Crippen LogP contribution in [0.1, 0.15) is 44.6 Å². The highest BCUT2D eigenvalue weighted by Crippen LogP contribution is 2.56. The quantitative estimate of drug-likeness (QED) is 0.673. The Balaban J connectivity index is 1.42. The first kappa shape index (κ1) is 16.8. The van der Waals surface area contributed by atoms with Gasteiger partial charge in [-0.15, -0.1) is 0 Å². The molecule has 2 heterocycles. The molecule has 1 aromatic heterocycles. The van der Waals surface area contributed by atoms with E-state index in [-0.39, 0.29) is 23.4 Å². The molecule has 0 aromatic carbocycles. The third-order valence-corrected chi connectivity index (χ3v) is 6.76. The fourth-order valence-electron chi connectivity index (χ4n) is 5.36. The zero-order valence-electron chi connectivity index (χ0n) is 15.0. The SMILES string of the molecule is C=C1CCC[C@]2(C)C[C@H]3OC(=O)[C@H](CNCc4ccncc4)[C@H]3C[C@@H]12. The van der Waals surface area contributed by atoms with Gasteiger partial charge in [-0.25, -0.2) is 0 Å². The minimum absolute atomic E-state index is 0.00918. The van der Waals surface area contributed by atoms with Crippen molar-refractivity contribution >= 4 is 5.97 Å². The third-order valence-electron chi connectivity index (χ3n) is 6.76. The molecule has 4 rings (SSSR count). The molecule has 1 N–H and O–H groups in total. The number of rotatable bonds is 4. The van der Waals surface area contributed by atoms with Gasteiger partial charge in [-0.05, 0) is 61.1 Å². The monoisotopic (exact) mass is 340 g/mol. The number of carbonyl (C=O) groups excluding carboxylic acids is 1. The predicted molar refractivity (Wildman–Crippen MR) is 96.6 cm³/mol. The van der Waals surface area contributed by atoms with Crippen LogP contribution >= 0.6 is 0 Å². The van der Waals surface area contributed by atoms with Crippen molar-refractivity contribution in [3.63, 3.8) is 0 Å². The molecule has 2 saturated carbocycles. The molecule has 0 bridgehead atoms. The van der Waals surface area contributed by atoms with Crippen LogP contribution in [0.2, 0.25) is 0 Å². The average Bonchev–Trinajstić information content (AvgIpc) is 2.88. The van der Waals surface area contributed by atoms with E-state index in [9.17, 15) is 4.79 Å². The van der Waals surface area contributed by atoms with Crippen molar-refractivity contribution in [2.75, 3.05) is 6.54 Å². The van der Waals surface area contributed by atoms with Gasteiger partial charge in [0.25, 0.3) is 0 Å². The fraction of sp³-hybridized carbons (Fsp3) is 0.619. The van der Waals surface area contributed by atoms with E-state index in [0.717, 1.165) is 25.8 Å². The van der Waals surface area contributed by atoms with Crippen molar-refractivity contribution in [3.8, 4) is 0 Å². The standard InChI is InChI=1S/C21H28N2O2/c1-14-4-3-7-21(2)11-19-16(10-18(14)21)17(20(24)25-19)13-23-12-15-5-8-22-9-6-15/h5-6,8-9,16-19,23H,1,3-4,7,10-13H2,2H3/t16-,17-,18+,19-,21-/m1/s1. The fourth-order valence-corrected chi connectivity index (χ4v) is 5.36. The normalized spacial score (nSPS) is 37.3. The Kier molecular flexibility index (Phi) is 4.40. The minimum atomic E-state index is -0.0221. The number of pyridine rings is 1. The van der Waals surface area contributed by atoms with Crippen LogP contribution in [0.4, 0.5) is 0 Å². The smallest absolute Gasteiger partial charge is 0.310 e. The first-order chi connectivity index (χ1) is 12.1. The van der Waals surface area contributed by atoms with Crippen LogP contribution < -0.4 is 5.32 Å². The topological polar surface area (TPSA) is 51.2 Å². The molecular weight excluding hydrogens is 312 g/mol. The summed E-state index contributed by atoms with van der Waals surface area (Å²) in [5.41, 5.74) is 2.86. The number of allylic oxidation sites excluding steroid dienone is 1. The summed E-state index contributed by atoms with van der Waals surface area (Å²) in [5.74, 6) is 0.862. The van der Waals surface area contributed by atoms with Gasteiger partial charge in [-0.1, -0.05) is 19.1 Å². The molecular formula is C21H28N2O2. The molecule has 1 saturated heterocycles. The lowest BCUT2D eigenvalue weighted by Crippen LogP contribution is -2.45. The number of hydrogen-bond acceptors (Lipinski definition) is 4. The molecule has 1 aromatic rings. The molecule has 0 radical (unpaired) electrons. The van der Waals surface area contributed by atoms with E-state index in [1.54, 1.807) is 12.4 Å². The summed E-state index contributed by atoms with van der Waals surface area (Å²) in [5, 5.41) is 3.45. The zero-order chi connectivity index (χ0) is 17.4. The molecule has 134 valence electrons. The Hall–Kier alpha value is -1.68. The third kappa shape index (κ3) is 3.12. The number of fused-ring (bicyclic) bond motifs is 2. The second-order valence-corrected chi connectivity index (χ2v) is 8.39. The molecule has 3 aliphatic rings. The lowest BCUT2D eigenvalue weighted by atomic mass is 9.55. The highest BCUT2D eigenvalue weighted by atomic mass is 16.6. The van der Waals surface area contributed by atoms with Gasteiger partial charge in [0.15, 0.2) is 0 Å². The van der Waals surface area contributed by atoms with E-state index < -0.39 is 0 Å². The Morgan fingerprint density at radius 3 is 3.00 bits per heavy atom. The highest BCUT2D eigenvalue weighted by molar-refractivity contribution is 5.75. The Morgan fingerprint density at radius 2 is 2.20 bits per heavy atom. The van der Waals surface area contributed by atoms with Gasteiger partial charge in [0.2, 0.25) is 0 Å². The molecule has 5 atom stereocenters. The maximum absolute atomic E-state index is 12.5. The van der Waals surface area contributed by atoms with Gasteiger partial charge in [0, 0.05) is 31.4 Å². The van der Waals surface area contributed by atoms with Crippen molar-refractivity contribution in [2.45, 2.75) is 51.7 Å². The molecule has 1 aliphatic heterocycles. The van der Waals surface area contributed by atoms with Crippen LogP contribution in [-0.2, 0) is 16.1 Å². The van der Waals surface area contributed by atoms with E-state index >= 15 is 0 Å². The number of hydrogen-bond donors (Lipinski definition) is 1. The summed E-state index contributed by atoms with van der Waals surface area (Å²) in [4.78, 5) is 16.5. The van der Waals surface area contributed by atoms with E-state index in [1.807, 2.05) is 12.1 Å². The van der Waals surface area contributed by atoms with Gasteiger partial charge < -0.3 is 10.1 Å².